The number of primary amides is 1. The number of hydrogen-bond acceptors (Lipinski definition) is 5. The number of nitrogens with two attached hydrogens (primary N) is 2. The third-order valence-corrected chi connectivity index (χ3v) is 3.14. The zero-order chi connectivity index (χ0) is 20.5. The van der Waals surface area contributed by atoms with E-state index in [-0.39, 0.29) is 5.91 Å². The number of hydrogen-bond donors (Lipinski definition) is 3. The summed E-state index contributed by atoms with van der Waals surface area (Å²) in [6, 6.07) is 6.71. The van der Waals surface area contributed by atoms with Crippen LogP contribution in [-0.4, -0.2) is 53.3 Å². The zero-order valence-corrected chi connectivity index (χ0v) is 14.0. The summed E-state index contributed by atoms with van der Waals surface area (Å²) in [5, 5.41) is 10.6. The number of rotatable bonds is 5. The minimum Gasteiger partial charge on any atom is -0.475 e. The third kappa shape index (κ3) is 8.13. The molecule has 0 saturated heterocycles. The summed E-state index contributed by atoms with van der Waals surface area (Å²) >= 11 is 0. The van der Waals surface area contributed by atoms with Crippen molar-refractivity contribution in [3.63, 3.8) is 0 Å². The monoisotopic (exact) mass is 376 g/mol. The van der Waals surface area contributed by atoms with Crippen LogP contribution in [0.3, 0.4) is 0 Å². The van der Waals surface area contributed by atoms with Crippen molar-refractivity contribution in [3.8, 4) is 0 Å². The Labute approximate surface area is 147 Å². The predicted octanol–water partition coefficient (Wildman–Crippen LogP) is 0.487. The van der Waals surface area contributed by atoms with E-state index >= 15 is 0 Å². The molecule has 0 aromatic heterocycles. The van der Waals surface area contributed by atoms with Crippen LogP contribution in [0.2, 0.25) is 0 Å². The highest BCUT2D eigenvalue weighted by Gasteiger charge is 2.38. The first kappa shape index (κ1) is 22.9. The van der Waals surface area contributed by atoms with Gasteiger partial charge in [0.2, 0.25) is 11.8 Å². The molecule has 0 aliphatic heterocycles. The second-order valence-electron chi connectivity index (χ2n) is 5.08. The molecule has 1 unspecified atom stereocenters. The summed E-state index contributed by atoms with van der Waals surface area (Å²) in [7, 11) is 1.56. The first-order valence-electron chi connectivity index (χ1n) is 7.05. The highest BCUT2D eigenvalue weighted by molar-refractivity contribution is 5.86. The molecule has 1 atom stereocenters. The minimum atomic E-state index is -5.08. The smallest absolute Gasteiger partial charge is 0.475 e. The van der Waals surface area contributed by atoms with Crippen LogP contribution in [0.5, 0.6) is 0 Å². The molecular formula is C15H19F3N4O4. The van der Waals surface area contributed by atoms with E-state index in [0.717, 1.165) is 11.1 Å². The Kier molecular flexibility index (Phi) is 8.81. The van der Waals surface area contributed by atoms with Gasteiger partial charge >= 0.3 is 12.1 Å². The van der Waals surface area contributed by atoms with Gasteiger partial charge in [-0.1, -0.05) is 24.3 Å². The van der Waals surface area contributed by atoms with Crippen molar-refractivity contribution >= 4 is 24.0 Å². The molecule has 5 N–H and O–H groups in total. The first-order chi connectivity index (χ1) is 11.9. The highest BCUT2D eigenvalue weighted by atomic mass is 19.4. The highest BCUT2D eigenvalue weighted by Crippen LogP contribution is 2.13. The molecule has 144 valence electrons. The molecule has 0 spiro atoms. The average molecular weight is 376 g/mol. The number of hydrazone groups is 1. The minimum absolute atomic E-state index is 0.205. The van der Waals surface area contributed by atoms with Crippen LogP contribution >= 0.6 is 0 Å². The van der Waals surface area contributed by atoms with Crippen molar-refractivity contribution < 1.29 is 32.7 Å². The number of alkyl halides is 3. The normalized spacial score (nSPS) is 12.0. The molecule has 0 bridgehead atoms. The van der Waals surface area contributed by atoms with Gasteiger partial charge in [0.15, 0.2) is 0 Å². The summed E-state index contributed by atoms with van der Waals surface area (Å²) in [5.41, 5.74) is 7.05. The van der Waals surface area contributed by atoms with Gasteiger partial charge in [-0.2, -0.15) is 18.3 Å². The Bertz CT molecular complexity index is 677. The van der Waals surface area contributed by atoms with E-state index in [1.807, 2.05) is 24.3 Å². The quantitative estimate of drug-likeness (QED) is 0.390. The van der Waals surface area contributed by atoms with Crippen LogP contribution in [0.4, 0.5) is 13.2 Å². The van der Waals surface area contributed by atoms with Gasteiger partial charge in [-0.15, -0.1) is 0 Å². The maximum Gasteiger partial charge on any atom is 0.490 e. The van der Waals surface area contributed by atoms with Crippen LogP contribution < -0.4 is 11.6 Å². The molecule has 0 radical (unpaired) electrons. The summed E-state index contributed by atoms with van der Waals surface area (Å²) in [5.74, 6) is 1.60. The molecule has 0 aliphatic carbocycles. The van der Waals surface area contributed by atoms with Gasteiger partial charge < -0.3 is 21.6 Å². The topological polar surface area (TPSA) is 139 Å². The molecule has 0 saturated carbocycles. The molecule has 8 nitrogen and oxygen atoms in total. The number of amides is 2. The summed E-state index contributed by atoms with van der Waals surface area (Å²) in [6.45, 7) is 1.40. The fourth-order valence-electron chi connectivity index (χ4n) is 1.76. The van der Waals surface area contributed by atoms with Crippen molar-refractivity contribution in [1.82, 2.24) is 4.90 Å². The van der Waals surface area contributed by atoms with Gasteiger partial charge in [-0.05, 0) is 11.1 Å². The van der Waals surface area contributed by atoms with E-state index in [2.05, 4.69) is 5.10 Å². The Balaban J connectivity index is 0.000000758. The lowest BCUT2D eigenvalue weighted by molar-refractivity contribution is -0.192. The number of halogens is 3. The van der Waals surface area contributed by atoms with E-state index < -0.39 is 24.1 Å². The molecule has 0 heterocycles. The number of carbonyl (C=O) groups is 3. The largest absolute Gasteiger partial charge is 0.490 e. The molecule has 2 amide bonds. The van der Waals surface area contributed by atoms with Gasteiger partial charge in [0, 0.05) is 20.4 Å². The Morgan fingerprint density at radius 1 is 1.35 bits per heavy atom. The second kappa shape index (κ2) is 10.0. The number of benzene rings is 1. The van der Waals surface area contributed by atoms with Gasteiger partial charge in [0.25, 0.3) is 0 Å². The Morgan fingerprint density at radius 3 is 2.27 bits per heavy atom. The molecule has 11 heteroatoms. The van der Waals surface area contributed by atoms with E-state index in [1.165, 1.54) is 18.0 Å². The van der Waals surface area contributed by atoms with Crippen LogP contribution in [-0.2, 0) is 20.8 Å². The predicted molar refractivity (Wildman–Crippen MR) is 87.0 cm³/mol. The van der Waals surface area contributed by atoms with E-state index in [0.29, 0.717) is 6.42 Å². The summed E-state index contributed by atoms with van der Waals surface area (Å²) in [4.78, 5) is 33.0. The molecule has 1 rings (SSSR count). The Morgan fingerprint density at radius 2 is 1.88 bits per heavy atom. The molecular weight excluding hydrogens is 357 g/mol. The lowest BCUT2D eigenvalue weighted by Gasteiger charge is -2.24. The van der Waals surface area contributed by atoms with Crippen molar-refractivity contribution in [2.24, 2.45) is 16.7 Å². The Hall–Kier alpha value is -3.11. The summed E-state index contributed by atoms with van der Waals surface area (Å²) < 4.78 is 31.7. The number of nitrogens with zero attached hydrogens (tertiary/aromatic N) is 2. The molecule has 0 fully saturated rings. The van der Waals surface area contributed by atoms with E-state index in [9.17, 15) is 22.8 Å². The van der Waals surface area contributed by atoms with Gasteiger partial charge in [-0.3, -0.25) is 9.59 Å². The first-order valence-corrected chi connectivity index (χ1v) is 7.05. The molecule has 1 aromatic carbocycles. The maximum atomic E-state index is 11.4. The fraction of sp³-hybridized carbons (Fsp3) is 0.333. The van der Waals surface area contributed by atoms with Gasteiger partial charge in [0.1, 0.15) is 6.04 Å². The zero-order valence-electron chi connectivity index (χ0n) is 14.0. The second-order valence-corrected chi connectivity index (χ2v) is 5.08. The van der Waals surface area contributed by atoms with Crippen molar-refractivity contribution in [1.29, 1.82) is 0 Å². The number of likely N-dealkylation sites (N-methyl/N-ethyl adjacent to an activating group) is 1. The SMILES string of the molecule is CC(=O)N(C)C(Cc1cccc(/C=N\N)c1)C(N)=O.O=C(O)C(F)(F)F. The van der Waals surface area contributed by atoms with Crippen molar-refractivity contribution in [2.45, 2.75) is 25.6 Å². The lowest BCUT2D eigenvalue weighted by atomic mass is 10.0. The van der Waals surface area contributed by atoms with Crippen LogP contribution in [0, 0.1) is 0 Å². The van der Waals surface area contributed by atoms with Gasteiger partial charge in [0.05, 0.1) is 6.21 Å². The van der Waals surface area contributed by atoms with E-state index in [4.69, 9.17) is 21.5 Å². The maximum absolute atomic E-state index is 11.4. The molecule has 1 aromatic rings. The molecule has 0 aliphatic rings. The van der Waals surface area contributed by atoms with Crippen LogP contribution in [0.1, 0.15) is 18.1 Å². The average Bonchev–Trinajstić information content (AvgIpc) is 2.52. The standard InChI is InChI=1S/C13H18N4O2.C2HF3O2/c1-9(18)17(2)12(13(14)19)7-10-4-3-5-11(6-10)8-16-15;3-2(4,5)1(6)7/h3-6,8,12H,7,15H2,1-2H3,(H2,14,19);(H,6,7)/b16-8-;. The van der Waals surface area contributed by atoms with Crippen molar-refractivity contribution in [2.75, 3.05) is 7.05 Å². The lowest BCUT2D eigenvalue weighted by Crippen LogP contribution is -2.46. The fourth-order valence-corrected chi connectivity index (χ4v) is 1.76. The number of aliphatic carboxylic acids is 1. The van der Waals surface area contributed by atoms with Crippen LogP contribution in [0.15, 0.2) is 29.4 Å². The number of carbonyl (C=O) groups excluding carboxylic acids is 2. The third-order valence-electron chi connectivity index (χ3n) is 3.14. The van der Waals surface area contributed by atoms with Crippen molar-refractivity contribution in [3.05, 3.63) is 35.4 Å². The number of carboxylic acids is 1. The molecule has 26 heavy (non-hydrogen) atoms. The van der Waals surface area contributed by atoms with E-state index in [1.54, 1.807) is 7.05 Å². The van der Waals surface area contributed by atoms with Gasteiger partial charge in [-0.25, -0.2) is 4.79 Å². The van der Waals surface area contributed by atoms with Crippen LogP contribution in [0.25, 0.3) is 0 Å². The number of carboxylic acid groups (broad SMARTS) is 1. The summed E-state index contributed by atoms with van der Waals surface area (Å²) in [6.07, 6.45) is -3.21.